The van der Waals surface area contributed by atoms with Crippen LogP contribution in [0.2, 0.25) is 0 Å². The van der Waals surface area contributed by atoms with Crippen LogP contribution in [0.15, 0.2) is 54.6 Å². The van der Waals surface area contributed by atoms with Gasteiger partial charge in [-0.15, -0.1) is 0 Å². The number of fused-ring (bicyclic) bond motifs is 1. The van der Waals surface area contributed by atoms with Gasteiger partial charge in [0.15, 0.2) is 6.10 Å². The molecular weight excluding hydrogens is 564 g/mol. The second-order valence-corrected chi connectivity index (χ2v) is 12.2. The van der Waals surface area contributed by atoms with Crippen molar-refractivity contribution in [2.45, 2.75) is 96.2 Å². The molecule has 4 rings (SSSR count). The minimum atomic E-state index is -1.18. The summed E-state index contributed by atoms with van der Waals surface area (Å²) in [6.45, 7) is 5.52. The molecule has 2 amide bonds. The van der Waals surface area contributed by atoms with Gasteiger partial charge < -0.3 is 29.5 Å². The van der Waals surface area contributed by atoms with Gasteiger partial charge in [0.2, 0.25) is 5.91 Å². The van der Waals surface area contributed by atoms with Gasteiger partial charge in [0.05, 0.1) is 13.2 Å². The molecule has 2 aliphatic rings. The number of hydrogen-bond acceptors (Lipinski definition) is 8. The Labute approximate surface area is 259 Å². The van der Waals surface area contributed by atoms with Crippen LogP contribution < -0.4 is 10.1 Å². The highest BCUT2D eigenvalue weighted by Gasteiger charge is 2.51. The van der Waals surface area contributed by atoms with Gasteiger partial charge in [-0.05, 0) is 67.2 Å². The predicted octanol–water partition coefficient (Wildman–Crippen LogP) is 3.57. The number of likely N-dealkylation sites (tertiary alicyclic amines) is 1. The number of nitrogens with zero attached hydrogens (tertiary/aromatic N) is 1. The summed E-state index contributed by atoms with van der Waals surface area (Å²) in [5.74, 6) is -1.37. The number of benzene rings is 2. The van der Waals surface area contributed by atoms with Crippen molar-refractivity contribution in [1.82, 2.24) is 10.2 Å². The van der Waals surface area contributed by atoms with Gasteiger partial charge in [-0.2, -0.15) is 0 Å². The van der Waals surface area contributed by atoms with Crippen molar-refractivity contribution in [3.8, 4) is 5.75 Å². The number of hydrogen-bond donors (Lipinski definition) is 2. The first-order valence-electron chi connectivity index (χ1n) is 15.4. The summed E-state index contributed by atoms with van der Waals surface area (Å²) in [6, 6.07) is 14.9. The van der Waals surface area contributed by atoms with E-state index in [-0.39, 0.29) is 24.3 Å². The minimum Gasteiger partial charge on any atom is -0.489 e. The molecule has 2 aromatic carbocycles. The number of amides is 2. The molecule has 1 aliphatic heterocycles. The molecule has 1 heterocycles. The van der Waals surface area contributed by atoms with E-state index in [2.05, 4.69) is 5.32 Å². The van der Waals surface area contributed by atoms with Gasteiger partial charge in [-0.1, -0.05) is 56.3 Å². The molecule has 238 valence electrons. The van der Waals surface area contributed by atoms with Crippen LogP contribution in [0.5, 0.6) is 5.75 Å². The summed E-state index contributed by atoms with van der Waals surface area (Å²) in [4.78, 5) is 54.0. The zero-order valence-corrected chi connectivity index (χ0v) is 25.9. The Morgan fingerprint density at radius 3 is 2.32 bits per heavy atom. The lowest BCUT2D eigenvalue weighted by molar-refractivity contribution is -0.157. The van der Waals surface area contributed by atoms with Gasteiger partial charge in [0.1, 0.15) is 24.4 Å². The number of nitrogens with one attached hydrogen (secondary N) is 1. The second kappa shape index (κ2) is 15.2. The zero-order chi connectivity index (χ0) is 31.8. The lowest BCUT2D eigenvalue weighted by Crippen LogP contribution is -2.57. The first-order valence-corrected chi connectivity index (χ1v) is 15.4. The molecule has 2 aromatic rings. The first kappa shape index (κ1) is 33.0. The number of carbonyl (C=O) groups excluding carboxylic acids is 4. The van der Waals surface area contributed by atoms with Crippen molar-refractivity contribution < 1.29 is 38.5 Å². The van der Waals surface area contributed by atoms with Crippen LogP contribution in [0.25, 0.3) is 0 Å². The van der Waals surface area contributed by atoms with E-state index < -0.39 is 48.0 Å². The molecule has 0 unspecified atom stereocenters. The summed E-state index contributed by atoms with van der Waals surface area (Å²) in [7, 11) is 1.29. The Hall–Kier alpha value is -3.92. The van der Waals surface area contributed by atoms with Crippen molar-refractivity contribution in [2.75, 3.05) is 7.11 Å². The van der Waals surface area contributed by atoms with E-state index in [9.17, 15) is 24.3 Å². The molecule has 0 aromatic heterocycles. The molecule has 0 bridgehead atoms. The van der Waals surface area contributed by atoms with E-state index in [1.165, 1.54) is 18.9 Å². The Bertz CT molecular complexity index is 1280. The highest BCUT2D eigenvalue weighted by Crippen LogP contribution is 2.41. The summed E-state index contributed by atoms with van der Waals surface area (Å²) in [5.41, 5.74) is 1.78. The maximum Gasteiger partial charge on any atom is 0.328 e. The number of rotatable bonds is 12. The monoisotopic (exact) mass is 608 g/mol. The third-order valence-corrected chi connectivity index (χ3v) is 8.39. The van der Waals surface area contributed by atoms with E-state index in [0.717, 1.165) is 11.1 Å². The van der Waals surface area contributed by atoms with Crippen LogP contribution in [0.3, 0.4) is 0 Å². The quantitative estimate of drug-likeness (QED) is 0.350. The van der Waals surface area contributed by atoms with Crippen LogP contribution in [-0.2, 0) is 41.7 Å². The molecule has 1 saturated carbocycles. The molecule has 10 nitrogen and oxygen atoms in total. The molecule has 1 aliphatic carbocycles. The van der Waals surface area contributed by atoms with Crippen molar-refractivity contribution in [3.05, 3.63) is 65.7 Å². The highest BCUT2D eigenvalue weighted by atomic mass is 16.5. The SMILES string of the molecule is COC(=O)[C@@H]1C[C@@H]2CC[C@@H](O)C[C@@H]2N1C(=O)[C@H](CC(C)C)NC(=O)[C@@H](Cc1ccc(OCc2ccccc2)cc1)OC(C)=O. The largest absolute Gasteiger partial charge is 0.489 e. The maximum absolute atomic E-state index is 14.1. The summed E-state index contributed by atoms with van der Waals surface area (Å²) >= 11 is 0. The van der Waals surface area contributed by atoms with Crippen LogP contribution in [0.1, 0.15) is 64.0 Å². The van der Waals surface area contributed by atoms with Crippen LogP contribution in [-0.4, -0.2) is 71.2 Å². The third kappa shape index (κ3) is 8.59. The third-order valence-electron chi connectivity index (χ3n) is 8.39. The minimum absolute atomic E-state index is 0.0341. The number of esters is 2. The number of aliphatic hydroxyl groups excluding tert-OH is 1. The first-order chi connectivity index (χ1) is 21.0. The molecule has 10 heteroatoms. The standard InChI is InChI=1S/C34H44N2O8/c1-21(2)16-28(33(40)36-29-19-26(38)13-12-25(29)18-30(36)34(41)42-4)35-32(39)31(44-22(3)37)17-23-10-14-27(15-11-23)43-20-24-8-6-5-7-9-24/h5-11,14-15,21,25-26,28-31,38H,12-13,16-20H2,1-4H3,(H,35,39)/t25-,26+,28-,29-,30-,31+/m0/s1. The summed E-state index contributed by atoms with van der Waals surface area (Å²) in [5, 5.41) is 13.2. The Morgan fingerprint density at radius 1 is 0.977 bits per heavy atom. The molecule has 1 saturated heterocycles. The number of methoxy groups -OCH3 is 1. The lowest BCUT2D eigenvalue weighted by Gasteiger charge is -2.37. The Kier molecular flexibility index (Phi) is 11.4. The maximum atomic E-state index is 14.1. The Morgan fingerprint density at radius 2 is 1.68 bits per heavy atom. The molecule has 2 fully saturated rings. The second-order valence-electron chi connectivity index (χ2n) is 12.2. The molecule has 0 radical (unpaired) electrons. The fourth-order valence-electron chi connectivity index (χ4n) is 6.30. The zero-order valence-electron chi connectivity index (χ0n) is 25.9. The van der Waals surface area contributed by atoms with Gasteiger partial charge in [-0.25, -0.2) is 4.79 Å². The molecular formula is C34H44N2O8. The highest BCUT2D eigenvalue weighted by molar-refractivity contribution is 5.93. The van der Waals surface area contributed by atoms with Gasteiger partial charge >= 0.3 is 11.9 Å². The molecule has 2 N–H and O–H groups in total. The van der Waals surface area contributed by atoms with E-state index in [4.69, 9.17) is 14.2 Å². The van der Waals surface area contributed by atoms with Gasteiger partial charge in [0, 0.05) is 19.4 Å². The summed E-state index contributed by atoms with van der Waals surface area (Å²) in [6.07, 6.45) is 0.817. The van der Waals surface area contributed by atoms with Crippen LogP contribution in [0.4, 0.5) is 0 Å². The van der Waals surface area contributed by atoms with Gasteiger partial charge in [-0.3, -0.25) is 14.4 Å². The molecule has 6 atom stereocenters. The van der Waals surface area contributed by atoms with E-state index in [0.29, 0.717) is 44.5 Å². The average Bonchev–Trinajstić information content (AvgIpc) is 3.38. The van der Waals surface area contributed by atoms with Crippen molar-refractivity contribution in [3.63, 3.8) is 0 Å². The molecule has 44 heavy (non-hydrogen) atoms. The molecule has 0 spiro atoms. The fraction of sp³-hybridized carbons (Fsp3) is 0.529. The van der Waals surface area contributed by atoms with Crippen molar-refractivity contribution in [2.24, 2.45) is 11.8 Å². The van der Waals surface area contributed by atoms with Gasteiger partial charge in [0.25, 0.3) is 5.91 Å². The average molecular weight is 609 g/mol. The number of aliphatic hydroxyl groups is 1. The normalized spacial score (nSPS) is 22.5. The predicted molar refractivity (Wildman–Crippen MR) is 162 cm³/mol. The van der Waals surface area contributed by atoms with Crippen molar-refractivity contribution >= 4 is 23.8 Å². The van der Waals surface area contributed by atoms with E-state index in [1.54, 1.807) is 24.3 Å². The van der Waals surface area contributed by atoms with Crippen LogP contribution >= 0.6 is 0 Å². The smallest absolute Gasteiger partial charge is 0.328 e. The number of ether oxygens (including phenoxy) is 3. The van der Waals surface area contributed by atoms with E-state index >= 15 is 0 Å². The topological polar surface area (TPSA) is 131 Å². The number of carbonyl (C=O) groups is 4. The lowest BCUT2D eigenvalue weighted by atomic mass is 9.83. The summed E-state index contributed by atoms with van der Waals surface area (Å²) < 4.78 is 16.3. The van der Waals surface area contributed by atoms with E-state index in [1.807, 2.05) is 44.2 Å². The van der Waals surface area contributed by atoms with Crippen LogP contribution in [0, 0.1) is 11.8 Å². The Balaban J connectivity index is 1.48. The fourth-order valence-corrected chi connectivity index (χ4v) is 6.30. The van der Waals surface area contributed by atoms with Crippen molar-refractivity contribution in [1.29, 1.82) is 0 Å².